The molecule has 0 saturated carbocycles. The molecule has 5 heterocycles. The minimum Gasteiger partial charge on any atom is -0.455 e. The number of amides is 1. The van der Waals surface area contributed by atoms with Crippen LogP contribution >= 0.6 is 0 Å². The number of furan rings is 1. The van der Waals surface area contributed by atoms with E-state index in [1.54, 1.807) is 6.07 Å². The number of hydrogen-bond donors (Lipinski definition) is 1. The van der Waals surface area contributed by atoms with E-state index in [1.165, 1.54) is 55.3 Å². The van der Waals surface area contributed by atoms with Crippen molar-refractivity contribution < 1.29 is 39.6 Å². The van der Waals surface area contributed by atoms with E-state index >= 15 is 0 Å². The second kappa shape index (κ2) is 10.7. The van der Waals surface area contributed by atoms with Crippen LogP contribution in [0.15, 0.2) is 71.7 Å². The standard InChI is InChI=1S/C32H21F5N6O4S/c1-38-31(44)29-20-8-18(22-9-19-23(13-39-22)41-14-43-25-7-16(33)6-21(34)17(25)10-26(19)43)24(42(2)48(3,45)46)11-27(20)47-30(29)15-4-5-28(40-12-15)32(35,36)37/h4-14H,1-3H3,(H,38,44). The van der Waals surface area contributed by atoms with Gasteiger partial charge in [0.2, 0.25) is 10.0 Å². The van der Waals surface area contributed by atoms with Crippen LogP contribution in [0.1, 0.15) is 16.1 Å². The fourth-order valence-corrected chi connectivity index (χ4v) is 6.14. The zero-order valence-electron chi connectivity index (χ0n) is 25.0. The van der Waals surface area contributed by atoms with Gasteiger partial charge in [0.15, 0.2) is 0 Å². The first-order valence-corrected chi connectivity index (χ1v) is 15.9. The monoisotopic (exact) mass is 680 g/mol. The van der Waals surface area contributed by atoms with E-state index in [-0.39, 0.29) is 55.7 Å². The lowest BCUT2D eigenvalue weighted by molar-refractivity contribution is -0.141. The van der Waals surface area contributed by atoms with Crippen molar-refractivity contribution in [1.29, 1.82) is 0 Å². The Morgan fingerprint density at radius 1 is 0.938 bits per heavy atom. The minimum atomic E-state index is -4.69. The number of benzene rings is 2. The number of aromatic nitrogens is 4. The van der Waals surface area contributed by atoms with Gasteiger partial charge in [0, 0.05) is 59.7 Å². The van der Waals surface area contributed by atoms with Crippen LogP contribution in [0.4, 0.5) is 27.6 Å². The number of alkyl halides is 3. The van der Waals surface area contributed by atoms with E-state index in [2.05, 4.69) is 20.3 Å². The Bertz CT molecular complexity index is 2580. The average molecular weight is 681 g/mol. The highest BCUT2D eigenvalue weighted by molar-refractivity contribution is 7.92. The van der Waals surface area contributed by atoms with Crippen molar-refractivity contribution in [3.05, 3.63) is 90.1 Å². The predicted octanol–water partition coefficient (Wildman–Crippen LogP) is 6.56. The maximum Gasteiger partial charge on any atom is 0.433 e. The third kappa shape index (κ3) is 4.95. The van der Waals surface area contributed by atoms with Gasteiger partial charge in [0.05, 0.1) is 45.9 Å². The molecule has 0 aliphatic heterocycles. The average Bonchev–Trinajstić information content (AvgIpc) is 3.61. The van der Waals surface area contributed by atoms with Gasteiger partial charge in [-0.2, -0.15) is 13.2 Å². The molecular formula is C32H21F5N6O4S. The number of carbonyl (C=O) groups excluding carboxylic acids is 1. The highest BCUT2D eigenvalue weighted by Gasteiger charge is 2.33. The number of halogens is 5. The quantitative estimate of drug-likeness (QED) is 0.204. The van der Waals surface area contributed by atoms with Gasteiger partial charge in [0.25, 0.3) is 5.91 Å². The Morgan fingerprint density at radius 3 is 2.35 bits per heavy atom. The second-order valence-electron chi connectivity index (χ2n) is 11.0. The van der Waals surface area contributed by atoms with E-state index in [0.717, 1.165) is 35.0 Å². The molecule has 0 aliphatic rings. The molecule has 2 aromatic carbocycles. The lowest BCUT2D eigenvalue weighted by atomic mass is 10.0. The van der Waals surface area contributed by atoms with E-state index in [9.17, 15) is 35.2 Å². The number of pyridine rings is 2. The van der Waals surface area contributed by atoms with Crippen LogP contribution in [-0.4, -0.2) is 54.0 Å². The summed E-state index contributed by atoms with van der Waals surface area (Å²) in [5.41, 5.74) is 0.611. The van der Waals surface area contributed by atoms with Gasteiger partial charge in [-0.3, -0.25) is 23.5 Å². The summed E-state index contributed by atoms with van der Waals surface area (Å²) in [6, 6.07) is 9.84. The van der Waals surface area contributed by atoms with Gasteiger partial charge in [-0.25, -0.2) is 22.2 Å². The molecule has 0 bridgehead atoms. The Kier molecular flexibility index (Phi) is 6.91. The summed E-state index contributed by atoms with van der Waals surface area (Å²) in [6.45, 7) is 0. The number of sulfonamides is 1. The van der Waals surface area contributed by atoms with E-state index in [1.807, 2.05) is 0 Å². The first-order chi connectivity index (χ1) is 22.7. The van der Waals surface area contributed by atoms with Crippen LogP contribution in [0, 0.1) is 11.6 Å². The highest BCUT2D eigenvalue weighted by atomic mass is 32.2. The van der Waals surface area contributed by atoms with Crippen LogP contribution in [-0.2, 0) is 16.2 Å². The summed E-state index contributed by atoms with van der Waals surface area (Å²) in [6.07, 6.45) is 0.0636. The maximum absolute atomic E-state index is 14.7. The fraction of sp³-hybridized carbons (Fsp3) is 0.125. The van der Waals surface area contributed by atoms with Gasteiger partial charge in [-0.05, 0) is 36.4 Å². The Hall–Kier alpha value is -5.64. The van der Waals surface area contributed by atoms with Crippen molar-refractivity contribution in [1.82, 2.24) is 24.7 Å². The summed E-state index contributed by atoms with van der Waals surface area (Å²) in [5.74, 6) is -2.26. The summed E-state index contributed by atoms with van der Waals surface area (Å²) in [5, 5.41) is 3.33. The normalized spacial score (nSPS) is 12.4. The van der Waals surface area contributed by atoms with Crippen molar-refractivity contribution in [2.24, 2.45) is 0 Å². The lowest BCUT2D eigenvalue weighted by Crippen LogP contribution is -2.25. The molecule has 1 amide bonds. The molecule has 0 saturated heterocycles. The lowest BCUT2D eigenvalue weighted by Gasteiger charge is -2.20. The topological polar surface area (TPSA) is 123 Å². The van der Waals surface area contributed by atoms with Crippen molar-refractivity contribution in [2.75, 3.05) is 24.7 Å². The minimum absolute atomic E-state index is 0.0379. The van der Waals surface area contributed by atoms with Crippen LogP contribution in [0.2, 0.25) is 0 Å². The molecule has 7 aromatic rings. The van der Waals surface area contributed by atoms with Crippen molar-refractivity contribution >= 4 is 59.9 Å². The summed E-state index contributed by atoms with van der Waals surface area (Å²) in [4.78, 5) is 25.6. The molecule has 0 fully saturated rings. The first kappa shape index (κ1) is 31.0. The third-order valence-corrected chi connectivity index (χ3v) is 9.22. The van der Waals surface area contributed by atoms with Crippen LogP contribution in [0.25, 0.3) is 60.9 Å². The van der Waals surface area contributed by atoms with E-state index < -0.39 is 39.4 Å². The molecule has 5 aromatic heterocycles. The molecule has 1 N–H and O–H groups in total. The Labute approximate surface area is 267 Å². The molecule has 7 rings (SSSR count). The summed E-state index contributed by atoms with van der Waals surface area (Å²) >= 11 is 0. The zero-order chi connectivity index (χ0) is 34.3. The number of anilines is 1. The number of nitrogens with one attached hydrogen (secondary N) is 1. The van der Waals surface area contributed by atoms with E-state index in [0.29, 0.717) is 16.4 Å². The van der Waals surface area contributed by atoms with Crippen LogP contribution in [0.3, 0.4) is 0 Å². The summed E-state index contributed by atoms with van der Waals surface area (Å²) < 4.78 is 103. The number of carbonyl (C=O) groups is 1. The third-order valence-electron chi connectivity index (χ3n) is 8.03. The molecule has 0 unspecified atom stereocenters. The number of hydrogen-bond acceptors (Lipinski definition) is 7. The Morgan fingerprint density at radius 2 is 1.69 bits per heavy atom. The second-order valence-corrected chi connectivity index (χ2v) is 13.0. The smallest absolute Gasteiger partial charge is 0.433 e. The fourth-order valence-electron chi connectivity index (χ4n) is 5.63. The van der Waals surface area contributed by atoms with E-state index in [4.69, 9.17) is 4.42 Å². The van der Waals surface area contributed by atoms with Crippen molar-refractivity contribution in [3.63, 3.8) is 0 Å². The molecule has 0 aliphatic carbocycles. The number of nitrogens with zero attached hydrogens (tertiary/aromatic N) is 5. The first-order valence-electron chi connectivity index (χ1n) is 14.0. The number of rotatable bonds is 5. The molecule has 16 heteroatoms. The van der Waals surface area contributed by atoms with Crippen molar-refractivity contribution in [2.45, 2.75) is 6.18 Å². The van der Waals surface area contributed by atoms with Crippen LogP contribution < -0.4 is 9.62 Å². The molecule has 0 spiro atoms. The van der Waals surface area contributed by atoms with Gasteiger partial charge in [0.1, 0.15) is 35.0 Å². The maximum atomic E-state index is 14.7. The van der Waals surface area contributed by atoms with Gasteiger partial charge in [-0.1, -0.05) is 0 Å². The van der Waals surface area contributed by atoms with Crippen LogP contribution in [0.5, 0.6) is 0 Å². The molecule has 0 atom stereocenters. The largest absolute Gasteiger partial charge is 0.455 e. The predicted molar refractivity (Wildman–Crippen MR) is 168 cm³/mol. The zero-order valence-corrected chi connectivity index (χ0v) is 25.8. The van der Waals surface area contributed by atoms with Gasteiger partial charge >= 0.3 is 6.18 Å². The molecule has 48 heavy (non-hydrogen) atoms. The molecule has 244 valence electrons. The molecule has 0 radical (unpaired) electrons. The molecule has 10 nitrogen and oxygen atoms in total. The SMILES string of the molecule is CNC(=O)c1c(-c2ccc(C(F)(F)F)nc2)oc2cc(N(C)S(C)(=O)=O)c(-c3cc4c(cn3)ncn3c5cc(F)cc(F)c5cc43)cc12. The number of fused-ring (bicyclic) bond motifs is 6. The van der Waals surface area contributed by atoms with Gasteiger partial charge in [-0.15, -0.1) is 0 Å². The summed E-state index contributed by atoms with van der Waals surface area (Å²) in [7, 11) is -1.21. The van der Waals surface area contributed by atoms with Crippen molar-refractivity contribution in [3.8, 4) is 22.6 Å². The van der Waals surface area contributed by atoms with Gasteiger partial charge < -0.3 is 9.73 Å². The Balaban J connectivity index is 1.51. The molecular weight excluding hydrogens is 659 g/mol. The highest BCUT2D eigenvalue weighted by Crippen LogP contribution is 2.42.